The average molecular weight is 296 g/mol. The van der Waals surface area contributed by atoms with Gasteiger partial charge in [0.1, 0.15) is 5.75 Å². The van der Waals surface area contributed by atoms with E-state index in [1.54, 1.807) is 6.92 Å². The lowest BCUT2D eigenvalue weighted by atomic mass is 10.1. The summed E-state index contributed by atoms with van der Waals surface area (Å²) in [5.41, 5.74) is 0.143. The van der Waals surface area contributed by atoms with Gasteiger partial charge in [0.25, 0.3) is 0 Å². The number of rotatable bonds is 4. The van der Waals surface area contributed by atoms with Crippen LogP contribution in [0, 0.1) is 13.8 Å². The van der Waals surface area contributed by atoms with Crippen molar-refractivity contribution in [2.45, 2.75) is 24.5 Å². The Bertz CT molecular complexity index is 764. The topological polar surface area (TPSA) is 110 Å². The molecule has 20 heavy (non-hydrogen) atoms. The Labute approximate surface area is 115 Å². The predicted molar refractivity (Wildman–Crippen MR) is 68.1 cm³/mol. The number of benzene rings is 1. The number of aromatic nitrogens is 2. The van der Waals surface area contributed by atoms with Crippen molar-refractivity contribution in [1.29, 1.82) is 0 Å². The third-order valence-electron chi connectivity index (χ3n) is 2.73. The van der Waals surface area contributed by atoms with Crippen LogP contribution in [0.25, 0.3) is 0 Å². The molecule has 1 aromatic heterocycles. The minimum atomic E-state index is -3.75. The second kappa shape index (κ2) is 5.04. The zero-order valence-corrected chi connectivity index (χ0v) is 11.6. The molecule has 0 aliphatic rings. The molecule has 0 aliphatic carbocycles. The molecule has 0 saturated carbocycles. The highest BCUT2D eigenvalue weighted by molar-refractivity contribution is 7.90. The smallest absolute Gasteiger partial charge is 0.335 e. The molecular weight excluding hydrogens is 284 g/mol. The number of nitrogens with zero attached hydrogens (tertiary/aromatic N) is 2. The number of carboxylic acid groups (broad SMARTS) is 1. The van der Waals surface area contributed by atoms with Crippen LogP contribution >= 0.6 is 0 Å². The van der Waals surface area contributed by atoms with Gasteiger partial charge < -0.3 is 9.63 Å². The Hall–Kier alpha value is -2.22. The van der Waals surface area contributed by atoms with Crippen LogP contribution in [0.3, 0.4) is 0 Å². The summed E-state index contributed by atoms with van der Waals surface area (Å²) in [5, 5.41) is 12.5. The summed E-state index contributed by atoms with van der Waals surface area (Å²) in [7, 11) is -3.75. The second-order valence-corrected chi connectivity index (χ2v) is 6.19. The highest BCUT2D eigenvalue weighted by Gasteiger charge is 2.23. The number of carbonyl (C=O) groups is 1. The van der Waals surface area contributed by atoms with E-state index in [1.807, 2.05) is 0 Å². The standard InChI is InChI=1S/C12H12N2O5S/c1-7-9(12(15)16)4-3-5-10(7)20(17,18)6-11-13-8(2)14-19-11/h3-5H,6H2,1-2H3,(H,15,16). The van der Waals surface area contributed by atoms with Crippen molar-refractivity contribution in [1.82, 2.24) is 10.1 Å². The van der Waals surface area contributed by atoms with Gasteiger partial charge in [-0.05, 0) is 31.5 Å². The third-order valence-corrected chi connectivity index (χ3v) is 4.47. The van der Waals surface area contributed by atoms with Crippen LogP contribution in [-0.4, -0.2) is 29.6 Å². The molecule has 0 radical (unpaired) electrons. The fourth-order valence-electron chi connectivity index (χ4n) is 1.82. The van der Waals surface area contributed by atoms with Crippen molar-refractivity contribution in [3.8, 4) is 0 Å². The molecule has 2 aromatic rings. The summed E-state index contributed by atoms with van der Waals surface area (Å²) in [5.74, 6) is -1.32. The van der Waals surface area contributed by atoms with Gasteiger partial charge in [-0.2, -0.15) is 4.98 Å². The van der Waals surface area contributed by atoms with Crippen LogP contribution in [-0.2, 0) is 15.6 Å². The summed E-state index contributed by atoms with van der Waals surface area (Å²) in [4.78, 5) is 14.8. The molecule has 0 amide bonds. The van der Waals surface area contributed by atoms with Crippen molar-refractivity contribution in [3.05, 3.63) is 41.0 Å². The summed E-state index contributed by atoms with van der Waals surface area (Å²) >= 11 is 0. The van der Waals surface area contributed by atoms with E-state index in [4.69, 9.17) is 9.63 Å². The van der Waals surface area contributed by atoms with Gasteiger partial charge in [0, 0.05) is 0 Å². The monoisotopic (exact) mass is 296 g/mol. The van der Waals surface area contributed by atoms with Crippen LogP contribution in [0.15, 0.2) is 27.6 Å². The number of aryl methyl sites for hydroxylation is 1. The lowest BCUT2D eigenvalue weighted by Crippen LogP contribution is -2.10. The van der Waals surface area contributed by atoms with E-state index < -0.39 is 21.6 Å². The molecule has 0 fully saturated rings. The summed E-state index contributed by atoms with van der Waals surface area (Å²) in [6.07, 6.45) is 0. The van der Waals surface area contributed by atoms with Gasteiger partial charge in [0.2, 0.25) is 5.89 Å². The Morgan fingerprint density at radius 1 is 1.35 bits per heavy atom. The van der Waals surface area contributed by atoms with Gasteiger partial charge in [-0.15, -0.1) is 0 Å². The van der Waals surface area contributed by atoms with Crippen LogP contribution in [0.2, 0.25) is 0 Å². The first-order chi connectivity index (χ1) is 9.31. The average Bonchev–Trinajstić information content (AvgIpc) is 2.73. The SMILES string of the molecule is Cc1noc(CS(=O)(=O)c2cccc(C(=O)O)c2C)n1. The normalized spacial score (nSPS) is 11.5. The molecular formula is C12H12N2O5S. The quantitative estimate of drug-likeness (QED) is 0.906. The largest absolute Gasteiger partial charge is 0.478 e. The van der Waals surface area contributed by atoms with Gasteiger partial charge in [-0.3, -0.25) is 0 Å². The predicted octanol–water partition coefficient (Wildman–Crippen LogP) is 1.36. The van der Waals surface area contributed by atoms with Crippen LogP contribution in [0.1, 0.15) is 27.6 Å². The third kappa shape index (κ3) is 2.69. The van der Waals surface area contributed by atoms with Gasteiger partial charge >= 0.3 is 5.97 Å². The first-order valence-electron chi connectivity index (χ1n) is 5.66. The lowest BCUT2D eigenvalue weighted by Gasteiger charge is -2.08. The molecule has 0 atom stereocenters. The molecule has 0 aliphatic heterocycles. The highest BCUT2D eigenvalue weighted by Crippen LogP contribution is 2.22. The maximum absolute atomic E-state index is 12.3. The van der Waals surface area contributed by atoms with Crippen LogP contribution < -0.4 is 0 Å². The zero-order chi connectivity index (χ0) is 14.9. The first kappa shape index (κ1) is 14.2. The molecule has 0 bridgehead atoms. The molecule has 7 nitrogen and oxygen atoms in total. The summed E-state index contributed by atoms with van der Waals surface area (Å²) in [6.45, 7) is 3.03. The van der Waals surface area contributed by atoms with Crippen LogP contribution in [0.4, 0.5) is 0 Å². The Kier molecular flexibility index (Phi) is 3.58. The van der Waals surface area contributed by atoms with Crippen molar-refractivity contribution >= 4 is 15.8 Å². The molecule has 0 spiro atoms. The maximum Gasteiger partial charge on any atom is 0.335 e. The number of hydrogen-bond acceptors (Lipinski definition) is 6. The maximum atomic E-state index is 12.3. The van der Waals surface area contributed by atoms with E-state index in [9.17, 15) is 13.2 Å². The van der Waals surface area contributed by atoms with E-state index in [0.717, 1.165) is 0 Å². The Morgan fingerprint density at radius 3 is 2.60 bits per heavy atom. The van der Waals surface area contributed by atoms with Crippen LogP contribution in [0.5, 0.6) is 0 Å². The van der Waals surface area contributed by atoms with E-state index in [2.05, 4.69) is 10.1 Å². The number of aromatic carboxylic acids is 1. The molecule has 2 rings (SSSR count). The van der Waals surface area contributed by atoms with Gasteiger partial charge in [0.15, 0.2) is 15.7 Å². The fraction of sp³-hybridized carbons (Fsp3) is 0.250. The van der Waals surface area contributed by atoms with E-state index >= 15 is 0 Å². The van der Waals surface area contributed by atoms with E-state index in [1.165, 1.54) is 25.1 Å². The minimum absolute atomic E-state index is 0.0253. The van der Waals surface area contributed by atoms with E-state index in [0.29, 0.717) is 5.82 Å². The van der Waals surface area contributed by atoms with Crippen molar-refractivity contribution in [3.63, 3.8) is 0 Å². The van der Waals surface area contributed by atoms with Crippen molar-refractivity contribution in [2.75, 3.05) is 0 Å². The highest BCUT2D eigenvalue weighted by atomic mass is 32.2. The zero-order valence-electron chi connectivity index (χ0n) is 10.8. The molecule has 0 saturated heterocycles. The van der Waals surface area contributed by atoms with Crippen molar-refractivity contribution < 1.29 is 22.8 Å². The Balaban J connectivity index is 2.44. The molecule has 1 aromatic carbocycles. The number of sulfone groups is 1. The minimum Gasteiger partial charge on any atom is -0.478 e. The van der Waals surface area contributed by atoms with Crippen molar-refractivity contribution in [2.24, 2.45) is 0 Å². The molecule has 1 heterocycles. The molecule has 106 valence electrons. The second-order valence-electron chi connectivity index (χ2n) is 4.23. The molecule has 8 heteroatoms. The van der Waals surface area contributed by atoms with Gasteiger partial charge in [-0.25, -0.2) is 13.2 Å². The number of hydrogen-bond donors (Lipinski definition) is 1. The summed E-state index contributed by atoms with van der Waals surface area (Å²) in [6, 6.07) is 4.11. The van der Waals surface area contributed by atoms with Gasteiger partial charge in [-0.1, -0.05) is 11.2 Å². The van der Waals surface area contributed by atoms with E-state index in [-0.39, 0.29) is 21.9 Å². The fourth-order valence-corrected chi connectivity index (χ4v) is 3.28. The summed E-state index contributed by atoms with van der Waals surface area (Å²) < 4.78 is 29.4. The first-order valence-corrected chi connectivity index (χ1v) is 7.31. The Morgan fingerprint density at radius 2 is 2.05 bits per heavy atom. The molecule has 1 N–H and O–H groups in total. The number of carboxylic acids is 1. The lowest BCUT2D eigenvalue weighted by molar-refractivity contribution is 0.0696. The molecule has 0 unspecified atom stereocenters. The van der Waals surface area contributed by atoms with Gasteiger partial charge in [0.05, 0.1) is 10.5 Å².